The summed E-state index contributed by atoms with van der Waals surface area (Å²) in [6.45, 7) is 2.89. The first-order valence-corrected chi connectivity index (χ1v) is 7.29. The van der Waals surface area contributed by atoms with Crippen LogP contribution in [-0.4, -0.2) is 32.1 Å². The minimum Gasteiger partial charge on any atom is -0.462 e. The maximum atomic E-state index is 11.7. The number of carbonyl (C=O) groups excluding carboxylic acids is 2. The van der Waals surface area contributed by atoms with Crippen LogP contribution in [0.15, 0.2) is 22.7 Å². The van der Waals surface area contributed by atoms with E-state index in [1.807, 2.05) is 7.05 Å². The van der Waals surface area contributed by atoms with Crippen LogP contribution in [0.2, 0.25) is 0 Å². The first kappa shape index (κ1) is 16.7. The molecular weight excluding hydrogens is 324 g/mol. The molecule has 0 unspecified atom stereocenters. The monoisotopic (exact) mass is 342 g/mol. The molecule has 0 aromatic heterocycles. The summed E-state index contributed by atoms with van der Waals surface area (Å²) in [6, 6.07) is 4.96. The van der Waals surface area contributed by atoms with Crippen molar-refractivity contribution in [3.8, 4) is 0 Å². The van der Waals surface area contributed by atoms with Gasteiger partial charge in [0.15, 0.2) is 0 Å². The molecule has 6 heteroatoms. The second-order valence-corrected chi connectivity index (χ2v) is 5.02. The second kappa shape index (κ2) is 8.71. The van der Waals surface area contributed by atoms with Gasteiger partial charge in [0.05, 0.1) is 17.9 Å². The van der Waals surface area contributed by atoms with Gasteiger partial charge >= 0.3 is 5.97 Å². The van der Waals surface area contributed by atoms with E-state index in [0.29, 0.717) is 28.8 Å². The van der Waals surface area contributed by atoms with Crippen molar-refractivity contribution in [2.45, 2.75) is 19.8 Å². The zero-order valence-electron chi connectivity index (χ0n) is 11.7. The quantitative estimate of drug-likeness (QED) is 0.590. The highest BCUT2D eigenvalue weighted by Gasteiger charge is 2.10. The van der Waals surface area contributed by atoms with Crippen molar-refractivity contribution in [3.63, 3.8) is 0 Å². The molecule has 0 aliphatic rings. The first-order valence-electron chi connectivity index (χ1n) is 6.49. The van der Waals surface area contributed by atoms with E-state index in [2.05, 4.69) is 26.6 Å². The lowest BCUT2D eigenvalue weighted by atomic mass is 10.2. The molecule has 0 aliphatic heterocycles. The smallest absolute Gasteiger partial charge is 0.338 e. The van der Waals surface area contributed by atoms with Crippen LogP contribution in [0.25, 0.3) is 0 Å². The lowest BCUT2D eigenvalue weighted by Crippen LogP contribution is -2.15. The Bertz CT molecular complexity index is 477. The fourth-order valence-corrected chi connectivity index (χ4v) is 2.07. The van der Waals surface area contributed by atoms with Gasteiger partial charge in [0.2, 0.25) is 5.91 Å². The van der Waals surface area contributed by atoms with Crippen molar-refractivity contribution in [3.05, 3.63) is 28.2 Å². The molecule has 0 aliphatic carbocycles. The summed E-state index contributed by atoms with van der Waals surface area (Å²) in [5.41, 5.74) is 1.10. The Morgan fingerprint density at radius 3 is 2.70 bits per heavy atom. The van der Waals surface area contributed by atoms with Gasteiger partial charge in [-0.3, -0.25) is 4.79 Å². The summed E-state index contributed by atoms with van der Waals surface area (Å²) >= 11 is 3.34. The average molecular weight is 343 g/mol. The van der Waals surface area contributed by atoms with Crippen LogP contribution < -0.4 is 10.6 Å². The standard InChI is InChI=1S/C14H19BrN2O3/c1-3-20-14(19)10-6-7-12(11(15)9-10)17-13(18)5-4-8-16-2/h6-7,9,16H,3-5,8H2,1-2H3,(H,17,18). The number of rotatable bonds is 7. The molecule has 20 heavy (non-hydrogen) atoms. The topological polar surface area (TPSA) is 67.4 Å². The fraction of sp³-hybridized carbons (Fsp3) is 0.429. The Kier molecular flexibility index (Phi) is 7.25. The van der Waals surface area contributed by atoms with E-state index in [9.17, 15) is 9.59 Å². The number of nitrogens with one attached hydrogen (secondary N) is 2. The SMILES string of the molecule is CCOC(=O)c1ccc(NC(=O)CCCNC)c(Br)c1. The minimum atomic E-state index is -0.375. The molecule has 1 aromatic carbocycles. The average Bonchev–Trinajstić information content (AvgIpc) is 2.41. The molecule has 1 amide bonds. The Balaban J connectivity index is 2.64. The molecule has 0 saturated heterocycles. The van der Waals surface area contributed by atoms with E-state index in [1.54, 1.807) is 25.1 Å². The van der Waals surface area contributed by atoms with Crippen molar-refractivity contribution in [1.82, 2.24) is 5.32 Å². The van der Waals surface area contributed by atoms with Crippen molar-refractivity contribution in [2.75, 3.05) is 25.5 Å². The normalized spacial score (nSPS) is 10.2. The molecule has 0 radical (unpaired) electrons. The van der Waals surface area contributed by atoms with Crippen molar-refractivity contribution in [1.29, 1.82) is 0 Å². The molecule has 0 saturated carbocycles. The maximum absolute atomic E-state index is 11.7. The van der Waals surface area contributed by atoms with Gasteiger partial charge in [0.25, 0.3) is 0 Å². The maximum Gasteiger partial charge on any atom is 0.338 e. The molecule has 110 valence electrons. The van der Waals surface area contributed by atoms with Gasteiger partial charge in [-0.15, -0.1) is 0 Å². The summed E-state index contributed by atoms with van der Waals surface area (Å²) in [5.74, 6) is -0.426. The highest BCUT2D eigenvalue weighted by molar-refractivity contribution is 9.10. The molecular formula is C14H19BrN2O3. The zero-order valence-corrected chi connectivity index (χ0v) is 13.2. The number of hydrogen-bond acceptors (Lipinski definition) is 4. The van der Waals surface area contributed by atoms with Crippen molar-refractivity contribution < 1.29 is 14.3 Å². The van der Waals surface area contributed by atoms with Gasteiger partial charge in [-0.2, -0.15) is 0 Å². The Labute approximate surface area is 127 Å². The third kappa shape index (κ3) is 5.30. The first-order chi connectivity index (χ1) is 9.58. The number of esters is 1. The molecule has 0 bridgehead atoms. The number of ether oxygens (including phenoxy) is 1. The van der Waals surface area contributed by atoms with Gasteiger partial charge in [-0.05, 0) is 61.1 Å². The summed E-state index contributed by atoms with van der Waals surface area (Å²) in [5, 5.41) is 5.79. The van der Waals surface area contributed by atoms with E-state index in [0.717, 1.165) is 13.0 Å². The lowest BCUT2D eigenvalue weighted by Gasteiger charge is -2.09. The molecule has 2 N–H and O–H groups in total. The van der Waals surface area contributed by atoms with Gasteiger partial charge in [-0.25, -0.2) is 4.79 Å². The van der Waals surface area contributed by atoms with E-state index in [-0.39, 0.29) is 11.9 Å². The van der Waals surface area contributed by atoms with Crippen LogP contribution >= 0.6 is 15.9 Å². The van der Waals surface area contributed by atoms with Crippen molar-refractivity contribution >= 4 is 33.5 Å². The molecule has 5 nitrogen and oxygen atoms in total. The molecule has 0 spiro atoms. The lowest BCUT2D eigenvalue weighted by molar-refractivity contribution is -0.116. The second-order valence-electron chi connectivity index (χ2n) is 4.17. The number of amides is 1. The summed E-state index contributed by atoms with van der Waals surface area (Å²) < 4.78 is 5.57. The Morgan fingerprint density at radius 1 is 1.35 bits per heavy atom. The third-order valence-corrected chi connectivity index (χ3v) is 3.24. The molecule has 0 heterocycles. The third-order valence-electron chi connectivity index (χ3n) is 2.58. The number of carbonyl (C=O) groups is 2. The number of benzene rings is 1. The van der Waals surface area contributed by atoms with Crippen LogP contribution in [0.1, 0.15) is 30.1 Å². The van der Waals surface area contributed by atoms with E-state index in [1.165, 1.54) is 0 Å². The minimum absolute atomic E-state index is 0.0511. The number of anilines is 1. The van der Waals surface area contributed by atoms with E-state index < -0.39 is 0 Å². The fourth-order valence-electron chi connectivity index (χ4n) is 1.60. The van der Waals surface area contributed by atoms with Gasteiger partial charge in [0.1, 0.15) is 0 Å². The van der Waals surface area contributed by atoms with Gasteiger partial charge in [0, 0.05) is 10.9 Å². The van der Waals surface area contributed by atoms with Crippen LogP contribution in [0, 0.1) is 0 Å². The highest BCUT2D eigenvalue weighted by atomic mass is 79.9. The molecule has 1 rings (SSSR count). The Hall–Kier alpha value is -1.40. The number of halogens is 1. The van der Waals surface area contributed by atoms with Crippen LogP contribution in [0.3, 0.4) is 0 Å². The van der Waals surface area contributed by atoms with Gasteiger partial charge in [-0.1, -0.05) is 0 Å². The highest BCUT2D eigenvalue weighted by Crippen LogP contribution is 2.24. The molecule has 0 atom stereocenters. The summed E-state index contributed by atoms with van der Waals surface area (Å²) in [4.78, 5) is 23.3. The van der Waals surface area contributed by atoms with Crippen molar-refractivity contribution in [2.24, 2.45) is 0 Å². The van der Waals surface area contributed by atoms with E-state index >= 15 is 0 Å². The van der Waals surface area contributed by atoms with Crippen LogP contribution in [-0.2, 0) is 9.53 Å². The summed E-state index contributed by atoms with van der Waals surface area (Å²) in [6.07, 6.45) is 1.23. The van der Waals surface area contributed by atoms with Gasteiger partial charge < -0.3 is 15.4 Å². The van der Waals surface area contributed by atoms with Crippen LogP contribution in [0.4, 0.5) is 5.69 Å². The largest absolute Gasteiger partial charge is 0.462 e. The predicted octanol–water partition coefficient (Wildman–Crippen LogP) is 2.56. The predicted molar refractivity (Wildman–Crippen MR) is 81.9 cm³/mol. The van der Waals surface area contributed by atoms with E-state index in [4.69, 9.17) is 4.74 Å². The zero-order chi connectivity index (χ0) is 15.0. The van der Waals surface area contributed by atoms with Crippen LogP contribution in [0.5, 0.6) is 0 Å². The molecule has 1 aromatic rings. The molecule has 0 fully saturated rings. The Morgan fingerprint density at radius 2 is 2.10 bits per heavy atom. The summed E-state index contributed by atoms with van der Waals surface area (Å²) in [7, 11) is 1.85. The number of hydrogen-bond donors (Lipinski definition) is 2.